The lowest BCUT2D eigenvalue weighted by Gasteiger charge is -2.38. The molecule has 1 unspecified atom stereocenters. The molecule has 6 nitrogen and oxygen atoms in total. The Morgan fingerprint density at radius 2 is 1.85 bits per heavy atom. The van der Waals surface area contributed by atoms with Gasteiger partial charge >= 0.3 is 0 Å². The van der Waals surface area contributed by atoms with Crippen LogP contribution < -0.4 is 10.2 Å². The molecule has 148 valence electrons. The zero-order chi connectivity index (χ0) is 18.4. The molecular weight excluding hydrogens is 443 g/mol. The molecule has 0 radical (unpaired) electrons. The van der Waals surface area contributed by atoms with Gasteiger partial charge in [0.2, 0.25) is 0 Å². The molecule has 26 heavy (non-hydrogen) atoms. The van der Waals surface area contributed by atoms with Crippen molar-refractivity contribution in [3.63, 3.8) is 0 Å². The normalized spacial score (nSPS) is 16.9. The molecule has 1 aliphatic heterocycles. The lowest BCUT2D eigenvalue weighted by Crippen LogP contribution is -2.54. The first-order valence-corrected chi connectivity index (χ1v) is 8.88. The van der Waals surface area contributed by atoms with Crippen LogP contribution in [0.25, 0.3) is 0 Å². The molecule has 1 aromatic rings. The van der Waals surface area contributed by atoms with Crippen LogP contribution in [0, 0.1) is 5.41 Å². The van der Waals surface area contributed by atoms with Gasteiger partial charge in [-0.25, -0.2) is 0 Å². The fourth-order valence-electron chi connectivity index (χ4n) is 3.15. The monoisotopic (exact) mass is 476 g/mol. The van der Waals surface area contributed by atoms with Gasteiger partial charge in [-0.15, -0.1) is 24.0 Å². The van der Waals surface area contributed by atoms with Gasteiger partial charge in [-0.05, 0) is 17.5 Å². The van der Waals surface area contributed by atoms with E-state index in [2.05, 4.69) is 40.9 Å². The Hall–Kier alpha value is -1.22. The summed E-state index contributed by atoms with van der Waals surface area (Å²) in [5.41, 5.74) is 0.974. The lowest BCUT2D eigenvalue weighted by atomic mass is 9.89. The van der Waals surface area contributed by atoms with E-state index in [0.29, 0.717) is 5.75 Å². The number of benzene rings is 1. The molecule has 0 amide bonds. The number of phenols is 1. The van der Waals surface area contributed by atoms with E-state index < -0.39 is 0 Å². The number of guanidine groups is 1. The number of anilines is 1. The van der Waals surface area contributed by atoms with E-state index in [1.165, 1.54) is 0 Å². The number of halogens is 1. The average molecular weight is 476 g/mol. The van der Waals surface area contributed by atoms with Crippen LogP contribution in [0.1, 0.15) is 20.8 Å². The van der Waals surface area contributed by atoms with Crippen LogP contribution in [0.4, 0.5) is 5.69 Å². The first-order chi connectivity index (χ1) is 11.9. The lowest BCUT2D eigenvalue weighted by molar-refractivity contribution is 0.0201. The van der Waals surface area contributed by atoms with Gasteiger partial charge < -0.3 is 25.0 Å². The van der Waals surface area contributed by atoms with Crippen molar-refractivity contribution in [2.24, 2.45) is 10.4 Å². The minimum atomic E-state index is 0. The number of rotatable bonds is 4. The second-order valence-electron chi connectivity index (χ2n) is 7.48. The second-order valence-corrected chi connectivity index (χ2v) is 7.48. The summed E-state index contributed by atoms with van der Waals surface area (Å²) in [6, 6.07) is 7.51. The molecule has 2 rings (SSSR count). The third kappa shape index (κ3) is 5.90. The molecule has 0 spiro atoms. The van der Waals surface area contributed by atoms with Gasteiger partial charge in [0.25, 0.3) is 0 Å². The quantitative estimate of drug-likeness (QED) is 0.398. The highest BCUT2D eigenvalue weighted by Gasteiger charge is 2.26. The first kappa shape index (κ1) is 22.8. The molecule has 7 heteroatoms. The van der Waals surface area contributed by atoms with Gasteiger partial charge in [0.1, 0.15) is 5.75 Å². The standard InChI is InChI=1S/C19H32N4O2.HI/c1-19(2,3)17(25-5)14-21-18(20-4)23-12-10-22(11-13-23)15-8-6-7-9-16(15)24;/h6-9,17,24H,10-14H2,1-5H3,(H,20,21);1H. The van der Waals surface area contributed by atoms with Crippen molar-refractivity contribution >= 4 is 35.6 Å². The fraction of sp³-hybridized carbons (Fsp3) is 0.632. The summed E-state index contributed by atoms with van der Waals surface area (Å²) in [5, 5.41) is 13.5. The van der Waals surface area contributed by atoms with Crippen LogP contribution in [0.5, 0.6) is 5.75 Å². The van der Waals surface area contributed by atoms with Crippen LogP contribution in [-0.2, 0) is 4.74 Å². The van der Waals surface area contributed by atoms with Crippen LogP contribution in [-0.4, -0.2) is 69.0 Å². The van der Waals surface area contributed by atoms with E-state index in [1.54, 1.807) is 13.2 Å². The summed E-state index contributed by atoms with van der Waals surface area (Å²) in [6.07, 6.45) is 0.117. The number of aromatic hydroxyl groups is 1. The first-order valence-electron chi connectivity index (χ1n) is 8.88. The van der Waals surface area contributed by atoms with Gasteiger partial charge in [-0.1, -0.05) is 32.9 Å². The molecule has 0 bridgehead atoms. The molecule has 1 heterocycles. The van der Waals surface area contributed by atoms with Crippen molar-refractivity contribution in [1.82, 2.24) is 10.2 Å². The highest BCUT2D eigenvalue weighted by Crippen LogP contribution is 2.27. The Labute approximate surface area is 174 Å². The number of methoxy groups -OCH3 is 1. The molecule has 1 saturated heterocycles. The maximum Gasteiger partial charge on any atom is 0.193 e. The number of hydrogen-bond acceptors (Lipinski definition) is 4. The molecule has 1 aromatic carbocycles. The predicted molar refractivity (Wildman–Crippen MR) is 119 cm³/mol. The zero-order valence-corrected chi connectivity index (χ0v) is 18.9. The van der Waals surface area contributed by atoms with Gasteiger partial charge in [-0.3, -0.25) is 4.99 Å². The minimum absolute atomic E-state index is 0. The van der Waals surface area contributed by atoms with Crippen molar-refractivity contribution in [3.8, 4) is 5.75 Å². The molecule has 0 aliphatic carbocycles. The Balaban J connectivity index is 0.00000338. The number of aliphatic imine (C=N–C) groups is 1. The number of nitrogens with one attached hydrogen (secondary N) is 1. The highest BCUT2D eigenvalue weighted by atomic mass is 127. The smallest absolute Gasteiger partial charge is 0.193 e. The van der Waals surface area contributed by atoms with Crippen molar-refractivity contribution in [2.75, 3.05) is 51.8 Å². The van der Waals surface area contributed by atoms with Crippen molar-refractivity contribution in [1.29, 1.82) is 0 Å². The van der Waals surface area contributed by atoms with Crippen molar-refractivity contribution < 1.29 is 9.84 Å². The Bertz CT molecular complexity index is 581. The largest absolute Gasteiger partial charge is 0.506 e. The Morgan fingerprint density at radius 1 is 1.23 bits per heavy atom. The number of nitrogens with zero attached hydrogens (tertiary/aromatic N) is 3. The summed E-state index contributed by atoms with van der Waals surface area (Å²) in [6.45, 7) is 10.7. The van der Waals surface area contributed by atoms with E-state index in [-0.39, 0.29) is 35.5 Å². The molecular formula is C19H33IN4O2. The SMILES string of the molecule is CN=C(NCC(OC)C(C)(C)C)N1CCN(c2ccccc2O)CC1.I. The summed E-state index contributed by atoms with van der Waals surface area (Å²) in [7, 11) is 3.57. The van der Waals surface area contributed by atoms with E-state index in [0.717, 1.165) is 44.4 Å². The fourth-order valence-corrected chi connectivity index (χ4v) is 3.15. The number of ether oxygens (including phenoxy) is 1. The van der Waals surface area contributed by atoms with Crippen LogP contribution >= 0.6 is 24.0 Å². The zero-order valence-electron chi connectivity index (χ0n) is 16.5. The van der Waals surface area contributed by atoms with Gasteiger partial charge in [0.05, 0.1) is 11.8 Å². The van der Waals surface area contributed by atoms with Crippen molar-refractivity contribution in [3.05, 3.63) is 24.3 Å². The van der Waals surface area contributed by atoms with Crippen LogP contribution in [0.3, 0.4) is 0 Å². The third-order valence-electron chi connectivity index (χ3n) is 4.71. The van der Waals surface area contributed by atoms with Crippen LogP contribution in [0.2, 0.25) is 0 Å². The topological polar surface area (TPSA) is 60.3 Å². The second kappa shape index (κ2) is 10.2. The Kier molecular flexibility index (Phi) is 8.95. The molecule has 1 fully saturated rings. The maximum atomic E-state index is 10.0. The van der Waals surface area contributed by atoms with E-state index in [4.69, 9.17) is 4.74 Å². The molecule has 1 aliphatic rings. The van der Waals surface area contributed by atoms with E-state index >= 15 is 0 Å². The minimum Gasteiger partial charge on any atom is -0.506 e. The van der Waals surface area contributed by atoms with Gasteiger partial charge in [-0.2, -0.15) is 0 Å². The highest BCUT2D eigenvalue weighted by molar-refractivity contribution is 14.0. The number of para-hydroxylation sites is 2. The maximum absolute atomic E-state index is 10.0. The molecule has 1 atom stereocenters. The average Bonchev–Trinajstić information content (AvgIpc) is 2.58. The predicted octanol–water partition coefficient (Wildman–Crippen LogP) is 2.77. The molecule has 0 aromatic heterocycles. The molecule has 2 N–H and O–H groups in total. The van der Waals surface area contributed by atoms with E-state index in [1.807, 2.05) is 25.2 Å². The Morgan fingerprint density at radius 3 is 2.35 bits per heavy atom. The van der Waals surface area contributed by atoms with Gasteiger partial charge in [0.15, 0.2) is 5.96 Å². The summed E-state index contributed by atoms with van der Waals surface area (Å²) in [4.78, 5) is 8.89. The number of hydrogen-bond donors (Lipinski definition) is 2. The van der Waals surface area contributed by atoms with Crippen LogP contribution in [0.15, 0.2) is 29.3 Å². The third-order valence-corrected chi connectivity index (χ3v) is 4.71. The summed E-state index contributed by atoms with van der Waals surface area (Å²) in [5.74, 6) is 1.25. The van der Waals surface area contributed by atoms with Crippen molar-refractivity contribution in [2.45, 2.75) is 26.9 Å². The summed E-state index contributed by atoms with van der Waals surface area (Å²) >= 11 is 0. The molecule has 0 saturated carbocycles. The number of phenolic OH excluding ortho intramolecular Hbond substituents is 1. The van der Waals surface area contributed by atoms with Gasteiger partial charge in [0, 0.05) is 46.9 Å². The number of piperazine rings is 1. The summed E-state index contributed by atoms with van der Waals surface area (Å²) < 4.78 is 5.61. The van der Waals surface area contributed by atoms with E-state index in [9.17, 15) is 5.11 Å².